The van der Waals surface area contributed by atoms with E-state index in [0.717, 1.165) is 31.7 Å². The Morgan fingerprint density at radius 1 is 1.03 bits per heavy atom. The molecule has 0 aliphatic carbocycles. The van der Waals surface area contributed by atoms with Crippen LogP contribution in [0.15, 0.2) is 18.2 Å². The lowest BCUT2D eigenvalue weighted by molar-refractivity contribution is -0.139. The van der Waals surface area contributed by atoms with Gasteiger partial charge in [0.15, 0.2) is 0 Å². The number of nitrogens with one attached hydrogen (secondary N) is 1. The maximum atomic E-state index is 13.9. The molecule has 10 heteroatoms. The minimum atomic E-state index is -4.57. The summed E-state index contributed by atoms with van der Waals surface area (Å²) in [6, 6.07) is 4.08. The van der Waals surface area contributed by atoms with Gasteiger partial charge in [-0.05, 0) is 70.6 Å². The van der Waals surface area contributed by atoms with Gasteiger partial charge < -0.3 is 29.4 Å². The maximum absolute atomic E-state index is 13.9. The number of carbonyl (C=O) groups is 1. The lowest BCUT2D eigenvalue weighted by Crippen LogP contribution is -2.53. The number of aliphatic hydroxyl groups is 1. The number of benzene rings is 1. The normalized spacial score (nSPS) is 13.7. The van der Waals surface area contributed by atoms with E-state index in [1.807, 2.05) is 0 Å². The summed E-state index contributed by atoms with van der Waals surface area (Å²) in [5, 5.41) is 12.3. The number of unbranched alkanes of at least 4 members (excludes halogenated alkanes) is 4. The van der Waals surface area contributed by atoms with E-state index < -0.39 is 29.0 Å². The predicted molar refractivity (Wildman–Crippen MR) is 140 cm³/mol. The van der Waals surface area contributed by atoms with Gasteiger partial charge in [0.1, 0.15) is 18.1 Å². The van der Waals surface area contributed by atoms with Crippen molar-refractivity contribution in [3.05, 3.63) is 29.3 Å². The molecule has 0 aliphatic rings. The molecule has 0 bridgehead atoms. The van der Waals surface area contributed by atoms with Gasteiger partial charge in [0.05, 0.1) is 24.3 Å². The first-order valence-corrected chi connectivity index (χ1v) is 13.4. The van der Waals surface area contributed by atoms with E-state index >= 15 is 0 Å². The van der Waals surface area contributed by atoms with E-state index in [9.17, 15) is 23.1 Å². The quantitative estimate of drug-likeness (QED) is 0.158. The van der Waals surface area contributed by atoms with Gasteiger partial charge in [0, 0.05) is 13.7 Å². The first-order valence-electron chi connectivity index (χ1n) is 13.4. The second-order valence-corrected chi connectivity index (χ2v) is 10.6. The van der Waals surface area contributed by atoms with E-state index in [2.05, 4.69) is 12.2 Å². The number of ether oxygens (including phenoxy) is 4. The fourth-order valence-electron chi connectivity index (χ4n) is 4.04. The van der Waals surface area contributed by atoms with Crippen LogP contribution in [0.5, 0.6) is 5.75 Å². The van der Waals surface area contributed by atoms with Gasteiger partial charge in [0.2, 0.25) is 0 Å². The Morgan fingerprint density at radius 3 is 2.34 bits per heavy atom. The zero-order chi connectivity index (χ0) is 28.7. The van der Waals surface area contributed by atoms with Crippen LogP contribution < -0.4 is 10.1 Å². The van der Waals surface area contributed by atoms with Gasteiger partial charge in [-0.2, -0.15) is 13.2 Å². The third-order valence-electron chi connectivity index (χ3n) is 5.91. The molecule has 2 N–H and O–H groups in total. The van der Waals surface area contributed by atoms with Crippen molar-refractivity contribution in [2.45, 2.75) is 103 Å². The van der Waals surface area contributed by atoms with Crippen LogP contribution in [-0.4, -0.2) is 56.1 Å². The molecule has 0 spiro atoms. The Hall–Kier alpha value is -2.04. The number of aliphatic hydroxyl groups excluding tert-OH is 1. The van der Waals surface area contributed by atoms with Crippen molar-refractivity contribution < 1.29 is 42.0 Å². The first kappa shape index (κ1) is 34.0. The van der Waals surface area contributed by atoms with E-state index in [0.29, 0.717) is 24.8 Å². The standard InChI is InChI=1S/C28H46F3NO6/c1-6-7-8-9-10-18-37-24-13-12-22(19-23(24)28(29,30)31)14-16-27(15-11-17-33,20-36-21-35-5)32-25(34)38-26(2,3)4/h12-13,19,33H,6-11,14-18,20-21H2,1-5H3,(H,32,34). The van der Waals surface area contributed by atoms with E-state index in [4.69, 9.17) is 18.9 Å². The van der Waals surface area contributed by atoms with E-state index in [-0.39, 0.29) is 45.2 Å². The Balaban J connectivity index is 3.09. The third-order valence-corrected chi connectivity index (χ3v) is 5.91. The maximum Gasteiger partial charge on any atom is 0.419 e. The highest BCUT2D eigenvalue weighted by Gasteiger charge is 2.36. The zero-order valence-corrected chi connectivity index (χ0v) is 23.5. The molecule has 7 nitrogen and oxygen atoms in total. The highest BCUT2D eigenvalue weighted by Crippen LogP contribution is 2.37. The lowest BCUT2D eigenvalue weighted by atomic mass is 9.87. The molecule has 1 aromatic rings. The molecule has 1 aromatic carbocycles. The molecule has 220 valence electrons. The summed E-state index contributed by atoms with van der Waals surface area (Å²) in [4.78, 5) is 12.6. The molecular formula is C28H46F3NO6. The van der Waals surface area contributed by atoms with Crippen LogP contribution in [0, 0.1) is 0 Å². The van der Waals surface area contributed by atoms with Crippen molar-refractivity contribution in [2.75, 3.05) is 33.7 Å². The van der Waals surface area contributed by atoms with Crippen molar-refractivity contribution >= 4 is 6.09 Å². The largest absolute Gasteiger partial charge is 0.493 e. The fourth-order valence-corrected chi connectivity index (χ4v) is 4.04. The Morgan fingerprint density at radius 2 is 1.74 bits per heavy atom. The van der Waals surface area contributed by atoms with Crippen LogP contribution >= 0.6 is 0 Å². The number of alkyl carbamates (subject to hydrolysis) is 1. The van der Waals surface area contributed by atoms with Crippen LogP contribution in [-0.2, 0) is 26.8 Å². The van der Waals surface area contributed by atoms with E-state index in [1.165, 1.54) is 13.2 Å². The average molecular weight is 550 g/mol. The van der Waals surface area contributed by atoms with Crippen LogP contribution in [0.3, 0.4) is 0 Å². The van der Waals surface area contributed by atoms with Gasteiger partial charge in [0.25, 0.3) is 0 Å². The molecule has 0 radical (unpaired) electrons. The summed E-state index contributed by atoms with van der Waals surface area (Å²) >= 11 is 0. The molecule has 0 aliphatic heterocycles. The van der Waals surface area contributed by atoms with Crippen LogP contribution in [0.25, 0.3) is 0 Å². The number of alkyl halides is 3. The molecule has 0 heterocycles. The average Bonchev–Trinajstić information content (AvgIpc) is 2.82. The molecule has 0 fully saturated rings. The summed E-state index contributed by atoms with van der Waals surface area (Å²) in [5.74, 6) is -0.182. The fraction of sp³-hybridized carbons (Fsp3) is 0.750. The Bertz CT molecular complexity index is 813. The molecule has 1 amide bonds. The highest BCUT2D eigenvalue weighted by molar-refractivity contribution is 5.68. The smallest absolute Gasteiger partial charge is 0.419 e. The zero-order valence-electron chi connectivity index (χ0n) is 23.5. The van der Waals surface area contributed by atoms with Gasteiger partial charge in [-0.25, -0.2) is 4.79 Å². The summed E-state index contributed by atoms with van der Waals surface area (Å²) in [5.41, 5.74) is -2.11. The predicted octanol–water partition coefficient (Wildman–Crippen LogP) is 6.64. The number of methoxy groups -OCH3 is 1. The number of halogens is 3. The monoisotopic (exact) mass is 549 g/mol. The van der Waals surface area contributed by atoms with Crippen molar-refractivity contribution in [2.24, 2.45) is 0 Å². The van der Waals surface area contributed by atoms with Crippen molar-refractivity contribution in [3.63, 3.8) is 0 Å². The lowest BCUT2D eigenvalue weighted by Gasteiger charge is -2.35. The van der Waals surface area contributed by atoms with Crippen molar-refractivity contribution in [1.29, 1.82) is 0 Å². The van der Waals surface area contributed by atoms with Gasteiger partial charge >= 0.3 is 12.3 Å². The molecule has 0 aromatic heterocycles. The van der Waals surface area contributed by atoms with Gasteiger partial charge in [-0.15, -0.1) is 0 Å². The molecular weight excluding hydrogens is 503 g/mol. The minimum absolute atomic E-state index is 0.0282. The summed E-state index contributed by atoms with van der Waals surface area (Å²) in [6.07, 6.45) is 0.756. The second kappa shape index (κ2) is 16.8. The third kappa shape index (κ3) is 13.7. The van der Waals surface area contributed by atoms with Crippen LogP contribution in [0.1, 0.15) is 90.2 Å². The summed E-state index contributed by atoms with van der Waals surface area (Å²) < 4.78 is 63.0. The topological polar surface area (TPSA) is 86.3 Å². The van der Waals surface area contributed by atoms with Crippen LogP contribution in [0.2, 0.25) is 0 Å². The van der Waals surface area contributed by atoms with Gasteiger partial charge in [-0.3, -0.25) is 0 Å². The molecule has 38 heavy (non-hydrogen) atoms. The first-order chi connectivity index (χ1) is 17.9. The molecule has 1 rings (SSSR count). The Kier molecular flexibility index (Phi) is 15.0. The second-order valence-electron chi connectivity index (χ2n) is 10.6. The van der Waals surface area contributed by atoms with Gasteiger partial charge in [-0.1, -0.05) is 38.7 Å². The molecule has 1 unspecified atom stereocenters. The molecule has 0 saturated carbocycles. The molecule has 0 saturated heterocycles. The molecule has 1 atom stereocenters. The number of hydrogen-bond donors (Lipinski definition) is 2. The summed E-state index contributed by atoms with van der Waals surface area (Å²) in [7, 11) is 1.46. The summed E-state index contributed by atoms with van der Waals surface area (Å²) in [6.45, 7) is 7.41. The van der Waals surface area contributed by atoms with Crippen molar-refractivity contribution in [1.82, 2.24) is 5.32 Å². The number of hydrogen-bond acceptors (Lipinski definition) is 6. The Labute approximate surface area is 225 Å². The van der Waals surface area contributed by atoms with Crippen molar-refractivity contribution in [3.8, 4) is 5.75 Å². The number of rotatable bonds is 18. The number of carbonyl (C=O) groups excluding carboxylic acids is 1. The highest BCUT2D eigenvalue weighted by atomic mass is 19.4. The van der Waals surface area contributed by atoms with Crippen LogP contribution in [0.4, 0.5) is 18.0 Å². The SMILES string of the molecule is CCCCCCCOc1ccc(CCC(CCCO)(COCOC)NC(=O)OC(C)(C)C)cc1C(F)(F)F. The number of amides is 1. The van der Waals surface area contributed by atoms with E-state index in [1.54, 1.807) is 26.8 Å². The number of aryl methyl sites for hydroxylation is 1. The minimum Gasteiger partial charge on any atom is -0.493 e.